The average Bonchev–Trinajstić information content (AvgIpc) is 2.70. The molecule has 1 aromatic heterocycles. The summed E-state index contributed by atoms with van der Waals surface area (Å²) in [6.07, 6.45) is 3.54. The quantitative estimate of drug-likeness (QED) is 0.671. The molecular formula is C20H19FN4O2. The minimum Gasteiger partial charge on any atom is -0.497 e. The lowest BCUT2D eigenvalue weighted by Gasteiger charge is -2.07. The first-order valence-corrected chi connectivity index (χ1v) is 8.40. The lowest BCUT2D eigenvalue weighted by atomic mass is 10.1. The second-order valence-corrected chi connectivity index (χ2v) is 5.78. The molecule has 1 heterocycles. The zero-order valence-corrected chi connectivity index (χ0v) is 14.8. The zero-order chi connectivity index (χ0) is 19.1. The van der Waals surface area contributed by atoms with Gasteiger partial charge in [0.15, 0.2) is 0 Å². The van der Waals surface area contributed by atoms with Crippen LogP contribution in [0.25, 0.3) is 0 Å². The predicted octanol–water partition coefficient (Wildman–Crippen LogP) is 3.34. The van der Waals surface area contributed by atoms with E-state index in [4.69, 9.17) is 4.74 Å². The van der Waals surface area contributed by atoms with E-state index in [2.05, 4.69) is 20.6 Å². The van der Waals surface area contributed by atoms with Crippen molar-refractivity contribution in [1.82, 2.24) is 15.3 Å². The molecule has 0 unspecified atom stereocenters. The van der Waals surface area contributed by atoms with Crippen LogP contribution in [-0.2, 0) is 6.42 Å². The van der Waals surface area contributed by atoms with E-state index >= 15 is 0 Å². The summed E-state index contributed by atoms with van der Waals surface area (Å²) in [7, 11) is 1.61. The number of hydrogen-bond donors (Lipinski definition) is 2. The van der Waals surface area contributed by atoms with Crippen molar-refractivity contribution in [2.75, 3.05) is 19.0 Å². The second-order valence-electron chi connectivity index (χ2n) is 5.78. The van der Waals surface area contributed by atoms with E-state index in [1.54, 1.807) is 19.2 Å². The summed E-state index contributed by atoms with van der Waals surface area (Å²) >= 11 is 0. The summed E-state index contributed by atoms with van der Waals surface area (Å²) in [4.78, 5) is 20.5. The molecule has 0 radical (unpaired) electrons. The summed E-state index contributed by atoms with van der Waals surface area (Å²) in [6.45, 7) is 0.441. The van der Waals surface area contributed by atoms with E-state index in [0.29, 0.717) is 24.5 Å². The molecule has 3 aromatic rings. The molecular weight excluding hydrogens is 347 g/mol. The highest BCUT2D eigenvalue weighted by Gasteiger charge is 2.07. The fourth-order valence-corrected chi connectivity index (χ4v) is 2.39. The fourth-order valence-electron chi connectivity index (χ4n) is 2.39. The number of carbonyl (C=O) groups excluding carboxylic acids is 1. The first kappa shape index (κ1) is 18.3. The van der Waals surface area contributed by atoms with Gasteiger partial charge in [-0.05, 0) is 48.4 Å². The van der Waals surface area contributed by atoms with Gasteiger partial charge in [0.1, 0.15) is 11.6 Å². The minimum atomic E-state index is -0.275. The van der Waals surface area contributed by atoms with E-state index in [0.717, 1.165) is 17.0 Å². The van der Waals surface area contributed by atoms with E-state index in [-0.39, 0.29) is 11.7 Å². The van der Waals surface area contributed by atoms with Gasteiger partial charge in [0, 0.05) is 24.6 Å². The molecule has 0 aliphatic carbocycles. The van der Waals surface area contributed by atoms with Crippen molar-refractivity contribution in [2.24, 2.45) is 0 Å². The van der Waals surface area contributed by atoms with Crippen molar-refractivity contribution in [2.45, 2.75) is 6.42 Å². The first-order chi connectivity index (χ1) is 13.1. The number of amides is 1. The van der Waals surface area contributed by atoms with Crippen molar-refractivity contribution in [1.29, 1.82) is 0 Å². The number of methoxy groups -OCH3 is 1. The van der Waals surface area contributed by atoms with Crippen LogP contribution in [0.5, 0.6) is 5.75 Å². The van der Waals surface area contributed by atoms with E-state index in [9.17, 15) is 9.18 Å². The van der Waals surface area contributed by atoms with Gasteiger partial charge in [-0.25, -0.2) is 14.4 Å². The van der Waals surface area contributed by atoms with Crippen LogP contribution in [-0.4, -0.2) is 29.5 Å². The Morgan fingerprint density at radius 2 is 1.70 bits per heavy atom. The SMILES string of the molecule is COc1ccc(Nc2ncc(C(=O)NCCc3ccc(F)cc3)cn2)cc1. The van der Waals surface area contributed by atoms with Crippen molar-refractivity contribution in [3.05, 3.63) is 77.9 Å². The number of aromatic nitrogens is 2. The van der Waals surface area contributed by atoms with Crippen LogP contribution in [0, 0.1) is 5.82 Å². The topological polar surface area (TPSA) is 76.1 Å². The summed E-state index contributed by atoms with van der Waals surface area (Å²) in [5, 5.41) is 5.85. The fraction of sp³-hybridized carbons (Fsp3) is 0.150. The van der Waals surface area contributed by atoms with Crippen molar-refractivity contribution in [3.63, 3.8) is 0 Å². The molecule has 0 aliphatic rings. The zero-order valence-electron chi connectivity index (χ0n) is 14.8. The van der Waals surface area contributed by atoms with E-state index in [1.165, 1.54) is 24.5 Å². The third kappa shape index (κ3) is 5.24. The maximum absolute atomic E-state index is 12.9. The van der Waals surface area contributed by atoms with Crippen LogP contribution in [0.2, 0.25) is 0 Å². The lowest BCUT2D eigenvalue weighted by molar-refractivity contribution is 0.0953. The Labute approximate surface area is 156 Å². The molecule has 3 rings (SSSR count). The molecule has 7 heteroatoms. The molecule has 0 fully saturated rings. The molecule has 2 aromatic carbocycles. The van der Waals surface area contributed by atoms with Gasteiger partial charge in [-0.15, -0.1) is 0 Å². The predicted molar refractivity (Wildman–Crippen MR) is 101 cm³/mol. The molecule has 27 heavy (non-hydrogen) atoms. The number of benzene rings is 2. The van der Waals surface area contributed by atoms with Crippen LogP contribution in [0.1, 0.15) is 15.9 Å². The molecule has 0 saturated heterocycles. The van der Waals surface area contributed by atoms with Gasteiger partial charge in [-0.1, -0.05) is 12.1 Å². The van der Waals surface area contributed by atoms with Gasteiger partial charge in [-0.2, -0.15) is 0 Å². The number of ether oxygens (including phenoxy) is 1. The number of halogens is 1. The van der Waals surface area contributed by atoms with Gasteiger partial charge < -0.3 is 15.4 Å². The third-order valence-corrected chi connectivity index (χ3v) is 3.87. The van der Waals surface area contributed by atoms with Crippen LogP contribution in [0.15, 0.2) is 60.9 Å². The highest BCUT2D eigenvalue weighted by Crippen LogP contribution is 2.17. The minimum absolute atomic E-state index is 0.256. The Morgan fingerprint density at radius 3 is 2.33 bits per heavy atom. The smallest absolute Gasteiger partial charge is 0.254 e. The van der Waals surface area contributed by atoms with Crippen LogP contribution in [0.3, 0.4) is 0 Å². The van der Waals surface area contributed by atoms with Gasteiger partial charge in [-0.3, -0.25) is 4.79 Å². The molecule has 0 saturated carbocycles. The number of nitrogens with zero attached hydrogens (tertiary/aromatic N) is 2. The number of anilines is 2. The third-order valence-electron chi connectivity index (χ3n) is 3.87. The molecule has 0 bridgehead atoms. The lowest BCUT2D eigenvalue weighted by Crippen LogP contribution is -2.26. The average molecular weight is 366 g/mol. The van der Waals surface area contributed by atoms with Crippen LogP contribution in [0.4, 0.5) is 16.0 Å². The number of carbonyl (C=O) groups is 1. The van der Waals surface area contributed by atoms with Gasteiger partial charge in [0.2, 0.25) is 5.95 Å². The maximum atomic E-state index is 12.9. The standard InChI is InChI=1S/C20H19FN4O2/c1-27-18-8-6-17(7-9-18)25-20-23-12-15(13-24-20)19(26)22-11-10-14-2-4-16(21)5-3-14/h2-9,12-13H,10-11H2,1H3,(H,22,26)(H,23,24,25). The maximum Gasteiger partial charge on any atom is 0.254 e. The molecule has 2 N–H and O–H groups in total. The summed E-state index contributed by atoms with van der Waals surface area (Å²) < 4.78 is 18.0. The Balaban J connectivity index is 1.51. The van der Waals surface area contributed by atoms with Crippen molar-refractivity contribution in [3.8, 4) is 5.75 Å². The molecule has 0 atom stereocenters. The van der Waals surface area contributed by atoms with Gasteiger partial charge >= 0.3 is 0 Å². The second kappa shape index (κ2) is 8.75. The Kier molecular flexibility index (Phi) is 5.94. The number of hydrogen-bond acceptors (Lipinski definition) is 5. The highest BCUT2D eigenvalue weighted by atomic mass is 19.1. The van der Waals surface area contributed by atoms with Crippen LogP contribution < -0.4 is 15.4 Å². The summed E-state index contributed by atoms with van der Waals surface area (Å²) in [6, 6.07) is 13.5. The Morgan fingerprint density at radius 1 is 1.04 bits per heavy atom. The van der Waals surface area contributed by atoms with E-state index < -0.39 is 0 Å². The summed E-state index contributed by atoms with van der Waals surface area (Å²) in [5.41, 5.74) is 2.13. The van der Waals surface area contributed by atoms with Crippen LogP contribution >= 0.6 is 0 Å². The number of nitrogens with one attached hydrogen (secondary N) is 2. The Hall–Kier alpha value is -3.48. The molecule has 6 nitrogen and oxygen atoms in total. The highest BCUT2D eigenvalue weighted by molar-refractivity contribution is 5.93. The molecule has 138 valence electrons. The monoisotopic (exact) mass is 366 g/mol. The molecule has 1 amide bonds. The molecule has 0 spiro atoms. The first-order valence-electron chi connectivity index (χ1n) is 8.40. The largest absolute Gasteiger partial charge is 0.497 e. The molecule has 0 aliphatic heterocycles. The normalized spacial score (nSPS) is 10.3. The van der Waals surface area contributed by atoms with Gasteiger partial charge in [0.05, 0.1) is 12.7 Å². The van der Waals surface area contributed by atoms with Crippen molar-refractivity contribution < 1.29 is 13.9 Å². The Bertz CT molecular complexity index is 881. The van der Waals surface area contributed by atoms with E-state index in [1.807, 2.05) is 24.3 Å². The number of rotatable bonds is 7. The van der Waals surface area contributed by atoms with Crippen molar-refractivity contribution >= 4 is 17.5 Å². The summed E-state index contributed by atoms with van der Waals surface area (Å²) in [5.74, 6) is 0.619. The van der Waals surface area contributed by atoms with Gasteiger partial charge in [0.25, 0.3) is 5.91 Å².